The van der Waals surface area contributed by atoms with E-state index in [1.165, 1.54) is 6.21 Å². The van der Waals surface area contributed by atoms with Gasteiger partial charge in [0.2, 0.25) is 0 Å². The Morgan fingerprint density at radius 2 is 2.43 bits per heavy atom. The van der Waals surface area contributed by atoms with Crippen LogP contribution in [-0.2, 0) is 0 Å². The highest BCUT2D eigenvalue weighted by atomic mass is 16.3. The van der Waals surface area contributed by atoms with Crippen molar-refractivity contribution in [1.82, 2.24) is 0 Å². The van der Waals surface area contributed by atoms with E-state index in [-0.39, 0.29) is 5.92 Å². The van der Waals surface area contributed by atoms with Crippen LogP contribution in [0.3, 0.4) is 0 Å². The zero-order chi connectivity index (χ0) is 5.70. The molecule has 0 fully saturated rings. The van der Waals surface area contributed by atoms with Crippen LogP contribution in [0.2, 0.25) is 0 Å². The fourth-order valence-corrected chi connectivity index (χ4v) is 0.266. The summed E-state index contributed by atoms with van der Waals surface area (Å²) in [6.45, 7) is 2.95. The van der Waals surface area contributed by atoms with Gasteiger partial charge in [0.05, 0.1) is 6.61 Å². The third-order valence-corrected chi connectivity index (χ3v) is 0.877. The molecule has 0 aromatic rings. The molecule has 41 valence electrons. The van der Waals surface area contributed by atoms with Crippen molar-refractivity contribution in [3.05, 3.63) is 6.61 Å². The summed E-state index contributed by atoms with van der Waals surface area (Å²) in [4.78, 5) is 0. The second-order valence-corrected chi connectivity index (χ2v) is 1.39. The van der Waals surface area contributed by atoms with Gasteiger partial charge < -0.3 is 10.5 Å². The van der Waals surface area contributed by atoms with Crippen LogP contribution in [0.25, 0.3) is 0 Å². The first-order valence-corrected chi connectivity index (χ1v) is 2.33. The molecule has 0 heterocycles. The second-order valence-electron chi connectivity index (χ2n) is 1.39. The lowest BCUT2D eigenvalue weighted by Crippen LogP contribution is -1.98. The van der Waals surface area contributed by atoms with Crippen molar-refractivity contribution in [2.75, 3.05) is 0 Å². The molecule has 1 radical (unpaired) electrons. The van der Waals surface area contributed by atoms with Crippen LogP contribution in [-0.4, -0.2) is 11.3 Å². The molecule has 0 aliphatic carbocycles. The Morgan fingerprint density at radius 3 is 2.43 bits per heavy atom. The van der Waals surface area contributed by atoms with Gasteiger partial charge in [0.1, 0.15) is 0 Å². The summed E-state index contributed by atoms with van der Waals surface area (Å²) in [6.07, 6.45) is 2.03. The van der Waals surface area contributed by atoms with E-state index in [2.05, 4.69) is 0 Å². The highest BCUT2D eigenvalue weighted by Gasteiger charge is 1.96. The first-order valence-electron chi connectivity index (χ1n) is 2.33. The van der Waals surface area contributed by atoms with Crippen LogP contribution in [0.5, 0.6) is 0 Å². The molecule has 0 aromatic carbocycles. The van der Waals surface area contributed by atoms with E-state index >= 15 is 0 Å². The summed E-state index contributed by atoms with van der Waals surface area (Å²) < 4.78 is 0. The van der Waals surface area contributed by atoms with E-state index < -0.39 is 0 Å². The van der Waals surface area contributed by atoms with Crippen LogP contribution in [0.4, 0.5) is 0 Å². The molecule has 0 spiro atoms. The largest absolute Gasteiger partial charge is 0.390 e. The monoisotopic (exact) mass is 100 g/mol. The molecule has 0 aliphatic heterocycles. The molecule has 2 nitrogen and oxygen atoms in total. The van der Waals surface area contributed by atoms with E-state index in [0.717, 1.165) is 13.0 Å². The smallest absolute Gasteiger partial charge is 0.0882 e. The van der Waals surface area contributed by atoms with Gasteiger partial charge >= 0.3 is 0 Å². The van der Waals surface area contributed by atoms with Crippen LogP contribution in [0.1, 0.15) is 13.3 Å². The van der Waals surface area contributed by atoms with E-state index in [9.17, 15) is 0 Å². The molecule has 0 rings (SSSR count). The van der Waals surface area contributed by atoms with Crippen LogP contribution >= 0.6 is 0 Å². The lowest BCUT2D eigenvalue weighted by atomic mass is 10.1. The predicted octanol–water partition coefficient (Wildman–Crippen LogP) is 1.20. The number of hydrogen-bond donors (Lipinski definition) is 2. The standard InChI is InChI=1S/C5H10NO/c1-2-5(3-6)4-7/h3-7H,2H2,1H3. The minimum absolute atomic E-state index is 0.0417. The van der Waals surface area contributed by atoms with E-state index in [4.69, 9.17) is 10.5 Å². The Bertz CT molecular complexity index is 50.0. The van der Waals surface area contributed by atoms with Gasteiger partial charge in [-0.1, -0.05) is 6.92 Å². The molecule has 2 N–H and O–H groups in total. The molecule has 2 heteroatoms. The van der Waals surface area contributed by atoms with Gasteiger partial charge in [-0.2, -0.15) is 0 Å². The van der Waals surface area contributed by atoms with Crippen LogP contribution in [0, 0.1) is 17.9 Å². The SMILES string of the molecule is CCC([CH]O)C=N. The second kappa shape index (κ2) is 3.81. The molecular weight excluding hydrogens is 90.1 g/mol. The van der Waals surface area contributed by atoms with Gasteiger partial charge in [-0.05, 0) is 6.42 Å². The first-order chi connectivity index (χ1) is 3.35. The zero-order valence-electron chi connectivity index (χ0n) is 4.39. The first kappa shape index (κ1) is 6.63. The predicted molar refractivity (Wildman–Crippen MR) is 28.8 cm³/mol. The van der Waals surface area contributed by atoms with Gasteiger partial charge in [0.25, 0.3) is 0 Å². The van der Waals surface area contributed by atoms with Crippen molar-refractivity contribution < 1.29 is 5.11 Å². The number of rotatable bonds is 3. The summed E-state index contributed by atoms with van der Waals surface area (Å²) in [6, 6.07) is 0. The Balaban J connectivity index is 3.16. The van der Waals surface area contributed by atoms with Gasteiger partial charge in [-0.3, -0.25) is 0 Å². The normalized spacial score (nSPS) is 13.4. The molecule has 1 unspecified atom stereocenters. The number of aliphatic hydroxyl groups excluding tert-OH is 1. The number of hydrogen-bond acceptors (Lipinski definition) is 2. The molecule has 0 amide bonds. The zero-order valence-corrected chi connectivity index (χ0v) is 4.39. The highest BCUT2D eigenvalue weighted by Crippen LogP contribution is 1.98. The average molecular weight is 100 g/mol. The highest BCUT2D eigenvalue weighted by molar-refractivity contribution is 5.57. The molecule has 1 atom stereocenters. The fraction of sp³-hybridized carbons (Fsp3) is 0.600. The van der Waals surface area contributed by atoms with Crippen molar-refractivity contribution in [1.29, 1.82) is 5.41 Å². The molecule has 0 saturated carbocycles. The van der Waals surface area contributed by atoms with Crippen LogP contribution < -0.4 is 0 Å². The third kappa shape index (κ3) is 2.34. The van der Waals surface area contributed by atoms with Crippen molar-refractivity contribution in [2.24, 2.45) is 5.92 Å². The molecule has 0 bridgehead atoms. The lowest BCUT2D eigenvalue weighted by molar-refractivity contribution is 0.349. The maximum Gasteiger partial charge on any atom is 0.0882 e. The maximum absolute atomic E-state index is 8.25. The van der Waals surface area contributed by atoms with Gasteiger partial charge in [-0.15, -0.1) is 0 Å². The minimum Gasteiger partial charge on any atom is -0.390 e. The minimum atomic E-state index is -0.0417. The summed E-state index contributed by atoms with van der Waals surface area (Å²) in [5.74, 6) is -0.0417. The fourth-order valence-electron chi connectivity index (χ4n) is 0.266. The molecule has 0 aliphatic rings. The Kier molecular flexibility index (Phi) is 3.61. The summed E-state index contributed by atoms with van der Waals surface area (Å²) in [7, 11) is 0. The van der Waals surface area contributed by atoms with Crippen molar-refractivity contribution in [2.45, 2.75) is 13.3 Å². The summed E-state index contributed by atoms with van der Waals surface area (Å²) >= 11 is 0. The van der Waals surface area contributed by atoms with Crippen molar-refractivity contribution in [3.63, 3.8) is 0 Å². The third-order valence-electron chi connectivity index (χ3n) is 0.877. The van der Waals surface area contributed by atoms with Crippen LogP contribution in [0.15, 0.2) is 0 Å². The summed E-state index contributed by atoms with van der Waals surface area (Å²) in [5, 5.41) is 14.9. The van der Waals surface area contributed by atoms with E-state index in [1.807, 2.05) is 6.92 Å². The molecule has 0 saturated heterocycles. The lowest BCUT2D eigenvalue weighted by Gasteiger charge is -1.98. The van der Waals surface area contributed by atoms with Gasteiger partial charge in [0, 0.05) is 12.1 Å². The quantitative estimate of drug-likeness (QED) is 0.514. The molecule has 7 heavy (non-hydrogen) atoms. The Labute approximate surface area is 43.7 Å². The van der Waals surface area contributed by atoms with Crippen molar-refractivity contribution >= 4 is 6.21 Å². The van der Waals surface area contributed by atoms with Gasteiger partial charge in [0.15, 0.2) is 0 Å². The Morgan fingerprint density at radius 1 is 1.86 bits per heavy atom. The summed E-state index contributed by atoms with van der Waals surface area (Å²) in [5.41, 5.74) is 0. The molecular formula is C5H10NO. The molecule has 0 aromatic heterocycles. The topological polar surface area (TPSA) is 44.1 Å². The van der Waals surface area contributed by atoms with E-state index in [1.54, 1.807) is 0 Å². The van der Waals surface area contributed by atoms with E-state index in [0.29, 0.717) is 0 Å². The Hall–Kier alpha value is -0.370. The number of aliphatic hydroxyl groups is 1. The van der Waals surface area contributed by atoms with Crippen molar-refractivity contribution in [3.8, 4) is 0 Å². The maximum atomic E-state index is 8.25. The van der Waals surface area contributed by atoms with Gasteiger partial charge in [-0.25, -0.2) is 0 Å². The average Bonchev–Trinajstić information content (AvgIpc) is 1.72. The number of nitrogens with one attached hydrogen (secondary N) is 1.